The van der Waals surface area contributed by atoms with Crippen LogP contribution in [-0.2, 0) is 14.9 Å². The minimum atomic E-state index is -0.769. The van der Waals surface area contributed by atoms with Gasteiger partial charge in [-0.1, -0.05) is 13.8 Å². The number of halogens is 1. The number of nitrogens with zero attached hydrogens (tertiary/aromatic N) is 2. The van der Waals surface area contributed by atoms with Crippen LogP contribution in [-0.4, -0.2) is 46.7 Å². The Morgan fingerprint density at radius 1 is 1.29 bits per heavy atom. The number of hydrogen-bond donors (Lipinski definition) is 2. The molecule has 2 N–H and O–H groups in total. The fraction of sp³-hybridized carbons (Fsp3) is 0.407. The number of carboxylic acids is 1. The Hall–Kier alpha value is -3.39. The van der Waals surface area contributed by atoms with E-state index in [4.69, 9.17) is 9.47 Å². The third-order valence-corrected chi connectivity index (χ3v) is 7.42. The van der Waals surface area contributed by atoms with Crippen molar-refractivity contribution in [2.45, 2.75) is 44.9 Å². The third kappa shape index (κ3) is 3.58. The average Bonchev–Trinajstić information content (AvgIpc) is 3.37. The van der Waals surface area contributed by atoms with Gasteiger partial charge in [0.25, 0.3) is 0 Å². The molecule has 0 unspecified atom stereocenters. The normalized spacial score (nSPS) is 20.3. The topological polar surface area (TPSA) is 89.4 Å². The molecule has 0 aliphatic heterocycles. The second-order valence-electron chi connectivity index (χ2n) is 10.5. The summed E-state index contributed by atoms with van der Waals surface area (Å²) in [6.45, 7) is 6.50. The van der Waals surface area contributed by atoms with Crippen LogP contribution in [0, 0.1) is 11.2 Å². The Kier molecular flexibility index (Phi) is 5.40. The molecular weight excluding hydrogens is 449 g/mol. The number of ether oxygens (including phenoxy) is 2. The monoisotopic (exact) mass is 479 g/mol. The van der Waals surface area contributed by atoms with E-state index in [9.17, 15) is 14.3 Å². The molecule has 0 atom stereocenters. The van der Waals surface area contributed by atoms with Gasteiger partial charge in [-0.3, -0.25) is 9.89 Å². The number of nitrogens with one attached hydrogen (secondary N) is 1. The number of benzene rings is 2. The van der Waals surface area contributed by atoms with Gasteiger partial charge in [-0.25, -0.2) is 4.39 Å². The van der Waals surface area contributed by atoms with E-state index in [2.05, 4.69) is 40.7 Å². The number of carboxylic acid groups (broad SMARTS) is 1. The molecule has 0 bridgehead atoms. The van der Waals surface area contributed by atoms with E-state index in [0.29, 0.717) is 19.4 Å². The third-order valence-electron chi connectivity index (χ3n) is 7.42. The lowest BCUT2D eigenvalue weighted by Crippen LogP contribution is -2.41. The molecule has 1 saturated carbocycles. The lowest BCUT2D eigenvalue weighted by atomic mass is 9.60. The smallest absolute Gasteiger partial charge is 0.309 e. The van der Waals surface area contributed by atoms with Crippen molar-refractivity contribution in [3.05, 3.63) is 53.6 Å². The highest BCUT2D eigenvalue weighted by Crippen LogP contribution is 2.55. The molecule has 0 amide bonds. The van der Waals surface area contributed by atoms with E-state index < -0.39 is 22.6 Å². The van der Waals surface area contributed by atoms with E-state index in [1.54, 1.807) is 25.4 Å². The molecular formula is C27H30FN3O4. The van der Waals surface area contributed by atoms with Crippen molar-refractivity contribution in [3.8, 4) is 11.4 Å². The van der Waals surface area contributed by atoms with Crippen LogP contribution in [0.15, 0.2) is 36.5 Å². The zero-order valence-electron chi connectivity index (χ0n) is 20.6. The van der Waals surface area contributed by atoms with Crippen molar-refractivity contribution >= 4 is 27.8 Å². The maximum atomic E-state index is 14.4. The fourth-order valence-corrected chi connectivity index (χ4v) is 5.72. The summed E-state index contributed by atoms with van der Waals surface area (Å²) >= 11 is 0. The lowest BCUT2D eigenvalue weighted by molar-refractivity contribution is -0.154. The number of H-pyrrole nitrogens is 1. The van der Waals surface area contributed by atoms with Gasteiger partial charge in [0.2, 0.25) is 0 Å². The summed E-state index contributed by atoms with van der Waals surface area (Å²) in [4.78, 5) is 11.9. The minimum absolute atomic E-state index is 0.0636. The lowest BCUT2D eigenvalue weighted by Gasteiger charge is -2.43. The first-order chi connectivity index (χ1) is 16.6. The van der Waals surface area contributed by atoms with E-state index in [0.717, 1.165) is 38.8 Å². The standard InChI is InChI=1S/C27H30FN3O4/c1-26(2,14-34-4)24-23(16-11-27(3,12-16)25(32)33)18-10-20-15(13-29-30-20)8-21(18)31(24)17-6-7-19(28)22(9-17)35-5/h6-10,13,16H,11-12,14H2,1-5H3,(H,29,30)(H,32,33). The first kappa shape index (κ1) is 23.4. The molecule has 4 aromatic rings. The Bertz CT molecular complexity index is 1450. The van der Waals surface area contributed by atoms with Crippen LogP contribution < -0.4 is 4.74 Å². The SMILES string of the molecule is COCC(C)(C)c1c(C2CC(C)(C(=O)O)C2)c2cc3[nH]ncc3cc2n1-c1ccc(F)c(OC)c1. The van der Waals surface area contributed by atoms with Gasteiger partial charge in [-0.05, 0) is 55.5 Å². The van der Waals surface area contributed by atoms with Crippen LogP contribution in [0.5, 0.6) is 5.75 Å². The number of aromatic nitrogens is 3. The Morgan fingerprint density at radius 2 is 2.03 bits per heavy atom. The van der Waals surface area contributed by atoms with Crippen LogP contribution in [0.4, 0.5) is 4.39 Å². The number of carbonyl (C=O) groups is 1. The van der Waals surface area contributed by atoms with Crippen LogP contribution in [0.1, 0.15) is 50.8 Å². The molecule has 8 heteroatoms. The summed E-state index contributed by atoms with van der Waals surface area (Å²) in [6, 6.07) is 9.03. The molecule has 0 radical (unpaired) electrons. The van der Waals surface area contributed by atoms with Crippen molar-refractivity contribution < 1.29 is 23.8 Å². The van der Waals surface area contributed by atoms with Gasteiger partial charge in [0.15, 0.2) is 11.6 Å². The van der Waals surface area contributed by atoms with E-state index in [1.165, 1.54) is 13.2 Å². The highest BCUT2D eigenvalue weighted by atomic mass is 19.1. The van der Waals surface area contributed by atoms with Crippen molar-refractivity contribution in [3.63, 3.8) is 0 Å². The van der Waals surface area contributed by atoms with Gasteiger partial charge in [0.1, 0.15) is 0 Å². The molecule has 1 aliphatic rings. The van der Waals surface area contributed by atoms with Crippen molar-refractivity contribution in [2.75, 3.05) is 20.8 Å². The molecule has 0 saturated heterocycles. The number of hydrogen-bond acceptors (Lipinski definition) is 4. The van der Waals surface area contributed by atoms with Gasteiger partial charge in [0, 0.05) is 40.7 Å². The molecule has 35 heavy (non-hydrogen) atoms. The zero-order chi connectivity index (χ0) is 25.1. The largest absolute Gasteiger partial charge is 0.494 e. The van der Waals surface area contributed by atoms with Crippen LogP contribution in [0.25, 0.3) is 27.5 Å². The maximum Gasteiger partial charge on any atom is 0.309 e. The Morgan fingerprint density at radius 3 is 2.69 bits per heavy atom. The van der Waals surface area contributed by atoms with Gasteiger partial charge in [-0.2, -0.15) is 5.10 Å². The minimum Gasteiger partial charge on any atom is -0.494 e. The van der Waals surface area contributed by atoms with Gasteiger partial charge < -0.3 is 19.1 Å². The van der Waals surface area contributed by atoms with E-state index in [1.807, 2.05) is 6.92 Å². The van der Waals surface area contributed by atoms with E-state index in [-0.39, 0.29) is 11.7 Å². The first-order valence-corrected chi connectivity index (χ1v) is 11.7. The maximum absolute atomic E-state index is 14.4. The summed E-state index contributed by atoms with van der Waals surface area (Å²) < 4.78 is 27.4. The molecule has 184 valence electrons. The Balaban J connectivity index is 1.86. The Labute approximate surface area is 202 Å². The molecule has 1 fully saturated rings. The average molecular weight is 480 g/mol. The molecule has 5 rings (SSSR count). The molecule has 2 aromatic carbocycles. The molecule has 0 spiro atoms. The summed E-state index contributed by atoms with van der Waals surface area (Å²) in [7, 11) is 3.13. The first-order valence-electron chi connectivity index (χ1n) is 11.7. The summed E-state index contributed by atoms with van der Waals surface area (Å²) in [6.07, 6.45) is 2.87. The highest BCUT2D eigenvalue weighted by Gasteiger charge is 2.49. The molecule has 2 aromatic heterocycles. The number of aromatic amines is 1. The van der Waals surface area contributed by atoms with Crippen molar-refractivity contribution in [1.82, 2.24) is 14.8 Å². The second kappa shape index (κ2) is 8.09. The van der Waals surface area contributed by atoms with Gasteiger partial charge in [0.05, 0.1) is 36.4 Å². The second-order valence-corrected chi connectivity index (χ2v) is 10.5. The van der Waals surface area contributed by atoms with Crippen LogP contribution >= 0.6 is 0 Å². The summed E-state index contributed by atoms with van der Waals surface area (Å²) in [5.74, 6) is -0.977. The van der Waals surface area contributed by atoms with Gasteiger partial charge >= 0.3 is 5.97 Å². The molecule has 7 nitrogen and oxygen atoms in total. The quantitative estimate of drug-likeness (QED) is 0.363. The zero-order valence-corrected chi connectivity index (χ0v) is 20.6. The summed E-state index contributed by atoms with van der Waals surface area (Å²) in [5.41, 5.74) is 3.59. The van der Waals surface area contributed by atoms with Crippen LogP contribution in [0.3, 0.4) is 0 Å². The number of rotatable bonds is 7. The number of methoxy groups -OCH3 is 2. The molecule has 1 aliphatic carbocycles. The van der Waals surface area contributed by atoms with Crippen molar-refractivity contribution in [1.29, 1.82) is 0 Å². The number of fused-ring (bicyclic) bond motifs is 2. The fourth-order valence-electron chi connectivity index (χ4n) is 5.72. The highest BCUT2D eigenvalue weighted by molar-refractivity contribution is 5.99. The van der Waals surface area contributed by atoms with Crippen LogP contribution in [0.2, 0.25) is 0 Å². The van der Waals surface area contributed by atoms with Gasteiger partial charge in [-0.15, -0.1) is 0 Å². The number of aliphatic carboxylic acids is 1. The predicted octanol–water partition coefficient (Wildman–Crippen LogP) is 5.55. The molecule has 2 heterocycles. The summed E-state index contributed by atoms with van der Waals surface area (Å²) in [5, 5.41) is 19.0. The predicted molar refractivity (Wildman–Crippen MR) is 132 cm³/mol. The van der Waals surface area contributed by atoms with E-state index >= 15 is 0 Å². The van der Waals surface area contributed by atoms with Crippen molar-refractivity contribution in [2.24, 2.45) is 5.41 Å².